The van der Waals surface area contributed by atoms with Crippen molar-refractivity contribution in [2.24, 2.45) is 0 Å². The molecule has 0 aliphatic carbocycles. The van der Waals surface area contributed by atoms with Crippen LogP contribution in [0.5, 0.6) is 5.75 Å². The number of rotatable bonds is 7. The lowest BCUT2D eigenvalue weighted by atomic mass is 10.1. The number of sulfone groups is 1. The molecule has 0 bridgehead atoms. The lowest BCUT2D eigenvalue weighted by Gasteiger charge is -2.27. The van der Waals surface area contributed by atoms with Crippen molar-refractivity contribution in [1.29, 1.82) is 0 Å². The van der Waals surface area contributed by atoms with Crippen LogP contribution in [0, 0.1) is 0 Å². The summed E-state index contributed by atoms with van der Waals surface area (Å²) >= 11 is 0. The van der Waals surface area contributed by atoms with E-state index < -0.39 is 9.84 Å². The van der Waals surface area contributed by atoms with Gasteiger partial charge in [-0.2, -0.15) is 0 Å². The maximum Gasteiger partial charge on any atom is 0.242 e. The molecular formula is C18H26N2O5S. The lowest BCUT2D eigenvalue weighted by Crippen LogP contribution is -2.45. The van der Waals surface area contributed by atoms with Crippen molar-refractivity contribution in [3.05, 3.63) is 29.8 Å². The molecule has 0 radical (unpaired) electrons. The van der Waals surface area contributed by atoms with Crippen LogP contribution in [0.2, 0.25) is 0 Å². The van der Waals surface area contributed by atoms with Gasteiger partial charge in [0.05, 0.1) is 25.2 Å². The van der Waals surface area contributed by atoms with Crippen molar-refractivity contribution in [3.63, 3.8) is 0 Å². The average molecular weight is 382 g/mol. The zero-order chi connectivity index (χ0) is 19.3. The first-order valence-corrected chi connectivity index (χ1v) is 10.4. The number of carbonyl (C=O) groups excluding carboxylic acids is 2. The number of amides is 2. The first-order chi connectivity index (χ1) is 12.2. The van der Waals surface area contributed by atoms with Gasteiger partial charge in [0.1, 0.15) is 5.75 Å². The van der Waals surface area contributed by atoms with E-state index in [2.05, 4.69) is 0 Å². The molecule has 1 unspecified atom stereocenters. The Morgan fingerprint density at radius 3 is 2.54 bits per heavy atom. The highest BCUT2D eigenvalue weighted by Crippen LogP contribution is 2.19. The molecule has 1 atom stereocenters. The third kappa shape index (κ3) is 5.20. The second-order valence-electron chi connectivity index (χ2n) is 6.56. The van der Waals surface area contributed by atoms with Crippen molar-refractivity contribution in [1.82, 2.24) is 9.80 Å². The van der Waals surface area contributed by atoms with E-state index in [9.17, 15) is 18.0 Å². The van der Waals surface area contributed by atoms with Crippen LogP contribution < -0.4 is 4.74 Å². The molecule has 1 aromatic rings. The molecule has 2 rings (SSSR count). The SMILES string of the molecule is COc1ccccc1CCN(CC(=O)N(C)C1CCS(=O)(=O)C1)C(C)=O. The van der Waals surface area contributed by atoms with Crippen molar-refractivity contribution >= 4 is 21.7 Å². The van der Waals surface area contributed by atoms with Gasteiger partial charge >= 0.3 is 0 Å². The summed E-state index contributed by atoms with van der Waals surface area (Å²) in [5.74, 6) is 0.411. The second kappa shape index (κ2) is 8.53. The van der Waals surface area contributed by atoms with Gasteiger partial charge in [-0.05, 0) is 24.5 Å². The van der Waals surface area contributed by atoms with E-state index in [1.165, 1.54) is 16.7 Å². The highest BCUT2D eigenvalue weighted by molar-refractivity contribution is 7.91. The van der Waals surface area contributed by atoms with E-state index in [0.29, 0.717) is 19.4 Å². The van der Waals surface area contributed by atoms with E-state index in [1.54, 1.807) is 14.2 Å². The number of para-hydroxylation sites is 1. The number of ether oxygens (including phenoxy) is 1. The molecule has 2 amide bonds. The Hall–Kier alpha value is -2.09. The molecule has 0 aromatic heterocycles. The molecule has 1 fully saturated rings. The molecule has 144 valence electrons. The van der Waals surface area contributed by atoms with Crippen LogP contribution in [0.4, 0.5) is 0 Å². The Labute approximate surface area is 154 Å². The molecule has 8 heteroatoms. The lowest BCUT2D eigenvalue weighted by molar-refractivity contribution is -0.139. The first-order valence-electron chi connectivity index (χ1n) is 8.57. The van der Waals surface area contributed by atoms with Gasteiger partial charge in [-0.15, -0.1) is 0 Å². The van der Waals surface area contributed by atoms with E-state index in [0.717, 1.165) is 11.3 Å². The first kappa shape index (κ1) is 20.2. The van der Waals surface area contributed by atoms with E-state index in [4.69, 9.17) is 4.74 Å². The van der Waals surface area contributed by atoms with Crippen molar-refractivity contribution in [3.8, 4) is 5.75 Å². The zero-order valence-electron chi connectivity index (χ0n) is 15.5. The van der Waals surface area contributed by atoms with Crippen LogP contribution >= 0.6 is 0 Å². The highest BCUT2D eigenvalue weighted by Gasteiger charge is 2.33. The van der Waals surface area contributed by atoms with Gasteiger partial charge in [0, 0.05) is 26.6 Å². The monoisotopic (exact) mass is 382 g/mol. The van der Waals surface area contributed by atoms with Crippen LogP contribution in [0.1, 0.15) is 18.9 Å². The summed E-state index contributed by atoms with van der Waals surface area (Å²) in [4.78, 5) is 27.4. The Morgan fingerprint density at radius 2 is 1.96 bits per heavy atom. The summed E-state index contributed by atoms with van der Waals surface area (Å²) < 4.78 is 28.5. The molecule has 1 heterocycles. The third-order valence-corrected chi connectivity index (χ3v) is 6.51. The molecule has 1 saturated heterocycles. The molecule has 7 nitrogen and oxygen atoms in total. The van der Waals surface area contributed by atoms with Crippen LogP contribution in [0.3, 0.4) is 0 Å². The standard InChI is InChI=1S/C18H26N2O5S/c1-14(21)20(10-8-15-6-4-5-7-17(15)25-3)12-18(22)19(2)16-9-11-26(23,24)13-16/h4-7,16H,8-13H2,1-3H3. The third-order valence-electron chi connectivity index (χ3n) is 4.76. The Balaban J connectivity index is 1.97. The summed E-state index contributed by atoms with van der Waals surface area (Å²) in [6.45, 7) is 1.76. The van der Waals surface area contributed by atoms with Gasteiger partial charge in [-0.1, -0.05) is 18.2 Å². The fraction of sp³-hybridized carbons (Fsp3) is 0.556. The topological polar surface area (TPSA) is 84.0 Å². The summed E-state index contributed by atoms with van der Waals surface area (Å²) in [6.07, 6.45) is 1.02. The van der Waals surface area contributed by atoms with E-state index in [-0.39, 0.29) is 35.9 Å². The molecule has 1 aliphatic heterocycles. The smallest absolute Gasteiger partial charge is 0.242 e. The van der Waals surface area contributed by atoms with Gasteiger partial charge in [-0.3, -0.25) is 9.59 Å². The minimum atomic E-state index is -3.06. The Bertz CT molecular complexity index is 763. The number of nitrogens with zero attached hydrogens (tertiary/aromatic N) is 2. The van der Waals surface area contributed by atoms with Crippen molar-refractivity contribution in [2.75, 3.05) is 38.8 Å². The van der Waals surface area contributed by atoms with Crippen molar-refractivity contribution in [2.45, 2.75) is 25.8 Å². The maximum absolute atomic E-state index is 12.5. The van der Waals surface area contributed by atoms with Gasteiger partial charge in [0.15, 0.2) is 9.84 Å². The average Bonchev–Trinajstić information content (AvgIpc) is 2.97. The number of benzene rings is 1. The summed E-state index contributed by atoms with van der Waals surface area (Å²) in [5.41, 5.74) is 0.962. The maximum atomic E-state index is 12.5. The predicted octanol–water partition coefficient (Wildman–Crippen LogP) is 0.732. The van der Waals surface area contributed by atoms with Gasteiger partial charge < -0.3 is 14.5 Å². The fourth-order valence-electron chi connectivity index (χ4n) is 3.07. The molecule has 0 N–H and O–H groups in total. The normalized spacial score (nSPS) is 18.3. The Morgan fingerprint density at radius 1 is 1.27 bits per heavy atom. The van der Waals surface area contributed by atoms with Crippen molar-refractivity contribution < 1.29 is 22.7 Å². The molecular weight excluding hydrogens is 356 g/mol. The second-order valence-corrected chi connectivity index (χ2v) is 8.79. The molecule has 26 heavy (non-hydrogen) atoms. The van der Waals surface area contributed by atoms with Crippen LogP contribution in [0.15, 0.2) is 24.3 Å². The number of likely N-dealkylation sites (N-methyl/N-ethyl adjacent to an activating group) is 1. The van der Waals surface area contributed by atoms with Gasteiger partial charge in [0.25, 0.3) is 0 Å². The summed E-state index contributed by atoms with van der Waals surface area (Å²) in [7, 11) is 0.135. The number of hydrogen-bond donors (Lipinski definition) is 0. The highest BCUT2D eigenvalue weighted by atomic mass is 32.2. The quantitative estimate of drug-likeness (QED) is 0.694. The fourth-order valence-corrected chi connectivity index (χ4v) is 4.85. The minimum absolute atomic E-state index is 0.00345. The summed E-state index contributed by atoms with van der Waals surface area (Å²) in [5, 5.41) is 0. The zero-order valence-corrected chi connectivity index (χ0v) is 16.3. The molecule has 1 aliphatic rings. The predicted molar refractivity (Wildman–Crippen MR) is 98.8 cm³/mol. The van der Waals surface area contributed by atoms with Crippen LogP contribution in [0.25, 0.3) is 0 Å². The minimum Gasteiger partial charge on any atom is -0.496 e. The largest absolute Gasteiger partial charge is 0.496 e. The van der Waals surface area contributed by atoms with E-state index in [1.807, 2.05) is 24.3 Å². The number of methoxy groups -OCH3 is 1. The Kier molecular flexibility index (Phi) is 6.63. The van der Waals surface area contributed by atoms with Crippen LogP contribution in [-0.2, 0) is 25.8 Å². The molecule has 0 spiro atoms. The summed E-state index contributed by atoms with van der Waals surface area (Å²) in [6, 6.07) is 7.24. The molecule has 1 aromatic carbocycles. The number of hydrogen-bond acceptors (Lipinski definition) is 5. The van der Waals surface area contributed by atoms with Crippen LogP contribution in [-0.4, -0.2) is 74.8 Å². The van der Waals surface area contributed by atoms with Gasteiger partial charge in [0.2, 0.25) is 11.8 Å². The molecule has 0 saturated carbocycles. The van der Waals surface area contributed by atoms with Gasteiger partial charge in [-0.25, -0.2) is 8.42 Å². The number of carbonyl (C=O) groups is 2. The van der Waals surface area contributed by atoms with E-state index >= 15 is 0 Å².